The van der Waals surface area contributed by atoms with E-state index in [1.165, 1.54) is 26.2 Å². The lowest BCUT2D eigenvalue weighted by Crippen LogP contribution is -2.44. The van der Waals surface area contributed by atoms with E-state index in [9.17, 15) is 23.1 Å². The number of rotatable bonds is 9. The Kier molecular flexibility index (Phi) is 6.66. The van der Waals surface area contributed by atoms with Crippen molar-refractivity contribution >= 4 is 38.7 Å². The summed E-state index contributed by atoms with van der Waals surface area (Å²) >= 11 is 6.02. The molecule has 0 saturated heterocycles. The van der Waals surface area contributed by atoms with Crippen molar-refractivity contribution in [3.8, 4) is 5.75 Å². The fourth-order valence-electron chi connectivity index (χ4n) is 3.89. The third-order valence-corrected chi connectivity index (χ3v) is 8.05. The standard InChI is InChI=1S/C20H26ClN3O6S/c1-24(2)31(28,29)19-12(21)6-7-13(16(19)25)22-14-15(18(27)17(14)26)23-20(10-11-30-3)8-4-5-9-20/h6-7,22-23,25H,4-5,8-11H2,1-3H3. The summed E-state index contributed by atoms with van der Waals surface area (Å²) in [5.74, 6) is -0.629. The SMILES string of the molecule is COCCC1(Nc2c(Nc3ccc(Cl)c(S(=O)(=O)N(C)C)c3O)c(=O)c2=O)CCCC1. The number of nitrogens with zero attached hydrogens (tertiary/aromatic N) is 1. The minimum absolute atomic E-state index is 0.0143. The molecule has 0 atom stereocenters. The number of phenols is 1. The summed E-state index contributed by atoms with van der Waals surface area (Å²) < 4.78 is 31.2. The quantitative estimate of drug-likeness (QED) is 0.376. The Morgan fingerprint density at radius 2 is 1.77 bits per heavy atom. The third kappa shape index (κ3) is 4.30. The lowest BCUT2D eigenvalue weighted by Gasteiger charge is -2.32. The van der Waals surface area contributed by atoms with Crippen LogP contribution in [0.15, 0.2) is 26.6 Å². The van der Waals surface area contributed by atoms with Gasteiger partial charge in [0, 0.05) is 33.4 Å². The minimum Gasteiger partial charge on any atom is -0.504 e. The van der Waals surface area contributed by atoms with E-state index < -0.39 is 31.5 Å². The zero-order valence-electron chi connectivity index (χ0n) is 17.6. The van der Waals surface area contributed by atoms with Crippen LogP contribution in [0.2, 0.25) is 5.02 Å². The maximum atomic E-state index is 12.5. The molecule has 0 heterocycles. The molecule has 1 aliphatic carbocycles. The van der Waals surface area contributed by atoms with Crippen LogP contribution in [-0.2, 0) is 14.8 Å². The molecule has 11 heteroatoms. The molecule has 9 nitrogen and oxygen atoms in total. The highest BCUT2D eigenvalue weighted by atomic mass is 35.5. The van der Waals surface area contributed by atoms with Crippen LogP contribution >= 0.6 is 11.6 Å². The second-order valence-electron chi connectivity index (χ2n) is 7.95. The molecule has 1 aliphatic rings. The van der Waals surface area contributed by atoms with Crippen LogP contribution in [0, 0.1) is 0 Å². The average Bonchev–Trinajstić information content (AvgIpc) is 3.18. The predicted molar refractivity (Wildman–Crippen MR) is 120 cm³/mol. The van der Waals surface area contributed by atoms with Crippen molar-refractivity contribution in [3.63, 3.8) is 0 Å². The van der Waals surface area contributed by atoms with E-state index in [4.69, 9.17) is 16.3 Å². The number of ether oxygens (including phenoxy) is 1. The van der Waals surface area contributed by atoms with Gasteiger partial charge in [-0.3, -0.25) is 9.59 Å². The topological polar surface area (TPSA) is 125 Å². The number of hydrogen-bond acceptors (Lipinski definition) is 8. The van der Waals surface area contributed by atoms with Gasteiger partial charge in [-0.1, -0.05) is 24.4 Å². The number of aromatic hydroxyl groups is 1. The highest BCUT2D eigenvalue weighted by Crippen LogP contribution is 2.41. The van der Waals surface area contributed by atoms with Crippen LogP contribution in [0.25, 0.3) is 0 Å². The average molecular weight is 472 g/mol. The summed E-state index contributed by atoms with van der Waals surface area (Å²) in [6, 6.07) is 2.65. The molecule has 0 unspecified atom stereocenters. The van der Waals surface area contributed by atoms with E-state index in [0.29, 0.717) is 13.0 Å². The Bertz CT molecular complexity index is 1150. The molecule has 0 aliphatic heterocycles. The van der Waals surface area contributed by atoms with E-state index in [-0.39, 0.29) is 27.6 Å². The smallest absolute Gasteiger partial charge is 0.253 e. The number of anilines is 3. The normalized spacial score (nSPS) is 16.2. The van der Waals surface area contributed by atoms with Crippen LogP contribution in [-0.4, -0.2) is 51.2 Å². The Balaban J connectivity index is 1.96. The predicted octanol–water partition coefficient (Wildman–Crippen LogP) is 2.40. The van der Waals surface area contributed by atoms with Gasteiger partial charge in [0.25, 0.3) is 10.9 Å². The molecule has 1 fully saturated rings. The first kappa shape index (κ1) is 23.5. The van der Waals surface area contributed by atoms with Crippen molar-refractivity contribution < 1.29 is 18.3 Å². The van der Waals surface area contributed by atoms with Gasteiger partial charge < -0.3 is 20.5 Å². The van der Waals surface area contributed by atoms with Crippen molar-refractivity contribution in [1.29, 1.82) is 0 Å². The van der Waals surface area contributed by atoms with Crippen molar-refractivity contribution in [2.75, 3.05) is 38.4 Å². The van der Waals surface area contributed by atoms with Gasteiger partial charge in [-0.2, -0.15) is 0 Å². The number of phenolic OH excluding ortho intramolecular Hbond substituents is 1. The lowest BCUT2D eigenvalue weighted by atomic mass is 9.92. The van der Waals surface area contributed by atoms with E-state index in [0.717, 1.165) is 30.0 Å². The van der Waals surface area contributed by atoms with Gasteiger partial charge in [0.1, 0.15) is 16.3 Å². The van der Waals surface area contributed by atoms with E-state index >= 15 is 0 Å². The number of sulfonamides is 1. The molecule has 170 valence electrons. The molecule has 2 aromatic carbocycles. The lowest BCUT2D eigenvalue weighted by molar-refractivity contribution is 0.173. The van der Waals surface area contributed by atoms with Gasteiger partial charge in [-0.15, -0.1) is 0 Å². The molecular weight excluding hydrogens is 446 g/mol. The Morgan fingerprint density at radius 1 is 1.16 bits per heavy atom. The van der Waals surface area contributed by atoms with Crippen LogP contribution < -0.4 is 21.5 Å². The van der Waals surface area contributed by atoms with Crippen LogP contribution in [0.4, 0.5) is 17.1 Å². The molecule has 0 spiro atoms. The number of nitrogens with one attached hydrogen (secondary N) is 2. The molecule has 3 N–H and O–H groups in total. The van der Waals surface area contributed by atoms with Crippen molar-refractivity contribution in [3.05, 3.63) is 37.6 Å². The summed E-state index contributed by atoms with van der Waals surface area (Å²) in [5, 5.41) is 16.4. The van der Waals surface area contributed by atoms with Gasteiger partial charge in [0.05, 0.1) is 10.7 Å². The second-order valence-corrected chi connectivity index (χ2v) is 10.4. The van der Waals surface area contributed by atoms with Crippen LogP contribution in [0.1, 0.15) is 32.1 Å². The first-order chi connectivity index (χ1) is 14.5. The third-order valence-electron chi connectivity index (χ3n) is 5.73. The summed E-state index contributed by atoms with van der Waals surface area (Å²) in [5.41, 5.74) is -1.67. The molecule has 31 heavy (non-hydrogen) atoms. The summed E-state index contributed by atoms with van der Waals surface area (Å²) in [7, 11) is 0.180. The van der Waals surface area contributed by atoms with Gasteiger partial charge in [0.15, 0.2) is 5.75 Å². The minimum atomic E-state index is -4.05. The maximum Gasteiger partial charge on any atom is 0.253 e. The first-order valence-corrected chi connectivity index (χ1v) is 11.7. The molecule has 3 rings (SSSR count). The molecule has 0 aromatic heterocycles. The number of hydrogen-bond donors (Lipinski definition) is 3. The summed E-state index contributed by atoms with van der Waals surface area (Å²) in [4.78, 5) is 24.1. The number of benzene rings is 1. The fraction of sp³-hybridized carbons (Fsp3) is 0.500. The van der Waals surface area contributed by atoms with E-state index in [2.05, 4.69) is 10.6 Å². The largest absolute Gasteiger partial charge is 0.504 e. The molecule has 0 radical (unpaired) electrons. The van der Waals surface area contributed by atoms with Gasteiger partial charge in [-0.05, 0) is 31.4 Å². The molecule has 0 amide bonds. The Hall–Kier alpha value is -2.14. The summed E-state index contributed by atoms with van der Waals surface area (Å²) in [6.07, 6.45) is 4.36. The van der Waals surface area contributed by atoms with Crippen molar-refractivity contribution in [2.45, 2.75) is 42.5 Å². The number of methoxy groups -OCH3 is 1. The molecule has 1 saturated carbocycles. The van der Waals surface area contributed by atoms with E-state index in [1.54, 1.807) is 7.11 Å². The zero-order chi connectivity index (χ0) is 23.0. The number of halogens is 1. The van der Waals surface area contributed by atoms with Crippen molar-refractivity contribution in [1.82, 2.24) is 4.31 Å². The van der Waals surface area contributed by atoms with Crippen LogP contribution in [0.3, 0.4) is 0 Å². The summed E-state index contributed by atoms with van der Waals surface area (Å²) in [6.45, 7) is 0.509. The second kappa shape index (κ2) is 8.78. The zero-order valence-corrected chi connectivity index (χ0v) is 19.2. The highest BCUT2D eigenvalue weighted by molar-refractivity contribution is 7.89. The Morgan fingerprint density at radius 3 is 2.35 bits per heavy atom. The maximum absolute atomic E-state index is 12.5. The monoisotopic (exact) mass is 471 g/mol. The fourth-order valence-corrected chi connectivity index (χ4v) is 5.37. The first-order valence-electron chi connectivity index (χ1n) is 9.85. The highest BCUT2D eigenvalue weighted by Gasteiger charge is 2.37. The Labute approximate surface area is 185 Å². The van der Waals surface area contributed by atoms with Crippen molar-refractivity contribution in [2.24, 2.45) is 0 Å². The van der Waals surface area contributed by atoms with Crippen LogP contribution in [0.5, 0.6) is 5.75 Å². The van der Waals surface area contributed by atoms with Gasteiger partial charge in [-0.25, -0.2) is 12.7 Å². The molecule has 0 bridgehead atoms. The van der Waals surface area contributed by atoms with Gasteiger partial charge in [0.2, 0.25) is 10.0 Å². The molecular formula is C20H26ClN3O6S. The van der Waals surface area contributed by atoms with Gasteiger partial charge >= 0.3 is 0 Å². The molecule has 2 aromatic rings. The van der Waals surface area contributed by atoms with E-state index in [1.807, 2.05) is 0 Å².